The zero-order valence-electron chi connectivity index (χ0n) is 15.0. The number of nitrogens with zero attached hydrogens (tertiary/aromatic N) is 2. The fourth-order valence-corrected chi connectivity index (χ4v) is 2.87. The van der Waals surface area contributed by atoms with Crippen LogP contribution >= 0.6 is 0 Å². The number of hydrogen-bond acceptors (Lipinski definition) is 3. The summed E-state index contributed by atoms with van der Waals surface area (Å²) in [7, 11) is 0. The van der Waals surface area contributed by atoms with Gasteiger partial charge in [-0.3, -0.25) is 9.59 Å². The van der Waals surface area contributed by atoms with Crippen molar-refractivity contribution in [3.63, 3.8) is 0 Å². The maximum atomic E-state index is 12.4. The van der Waals surface area contributed by atoms with Gasteiger partial charge in [0, 0.05) is 31.1 Å². The van der Waals surface area contributed by atoms with Crippen LogP contribution in [-0.4, -0.2) is 20.7 Å². The average Bonchev–Trinajstić information content (AvgIpc) is 3.24. The Balaban J connectivity index is 1.40. The number of H-pyrrole nitrogens is 1. The van der Waals surface area contributed by atoms with Gasteiger partial charge in [0.2, 0.25) is 0 Å². The Morgan fingerprint density at radius 1 is 1.00 bits per heavy atom. The van der Waals surface area contributed by atoms with Gasteiger partial charge in [-0.1, -0.05) is 54.6 Å². The number of rotatable bonds is 5. The first kappa shape index (κ1) is 17.5. The molecule has 4 aromatic rings. The summed E-state index contributed by atoms with van der Waals surface area (Å²) in [4.78, 5) is 26.7. The molecule has 0 unspecified atom stereocenters. The van der Waals surface area contributed by atoms with E-state index >= 15 is 0 Å². The molecule has 0 aliphatic heterocycles. The van der Waals surface area contributed by atoms with Crippen LogP contribution in [0.2, 0.25) is 0 Å². The first-order valence-corrected chi connectivity index (χ1v) is 8.85. The van der Waals surface area contributed by atoms with E-state index in [0.717, 1.165) is 16.7 Å². The lowest BCUT2D eigenvalue weighted by Gasteiger charge is -2.06. The van der Waals surface area contributed by atoms with Gasteiger partial charge in [0.1, 0.15) is 5.82 Å². The Morgan fingerprint density at radius 2 is 1.75 bits per heavy atom. The zero-order valence-corrected chi connectivity index (χ0v) is 15.0. The number of benzene rings is 2. The third-order valence-electron chi connectivity index (χ3n) is 4.36. The van der Waals surface area contributed by atoms with E-state index in [4.69, 9.17) is 0 Å². The van der Waals surface area contributed by atoms with Crippen LogP contribution in [-0.2, 0) is 6.54 Å². The number of carbonyl (C=O) groups is 1. The molecule has 1 amide bonds. The molecule has 2 aromatic carbocycles. The van der Waals surface area contributed by atoms with Crippen molar-refractivity contribution in [2.45, 2.75) is 6.54 Å². The monoisotopic (exact) mass is 370 g/mol. The van der Waals surface area contributed by atoms with E-state index in [2.05, 4.69) is 27.5 Å². The van der Waals surface area contributed by atoms with Crippen molar-refractivity contribution >= 4 is 5.91 Å². The molecule has 0 aliphatic carbocycles. The van der Waals surface area contributed by atoms with Crippen molar-refractivity contribution < 1.29 is 4.79 Å². The summed E-state index contributed by atoms with van der Waals surface area (Å²) in [6.45, 7) is 0.418. The molecule has 0 saturated carbocycles. The lowest BCUT2D eigenvalue weighted by molar-refractivity contribution is 0.0951. The second-order valence-electron chi connectivity index (χ2n) is 6.33. The highest BCUT2D eigenvalue weighted by molar-refractivity contribution is 5.93. The standard InChI is InChI=1S/C22H18N4O2/c27-20-10-11-23-21(12-20)26-15-19(14-25-26)22(28)24-13-16-6-8-18(9-7-16)17-4-2-1-3-5-17/h1-12,14-15H,13H2,(H,23,27)(H,24,28). The second-order valence-corrected chi connectivity index (χ2v) is 6.33. The lowest BCUT2D eigenvalue weighted by Crippen LogP contribution is -2.22. The maximum absolute atomic E-state index is 12.4. The van der Waals surface area contributed by atoms with Crippen molar-refractivity contribution in [2.75, 3.05) is 0 Å². The van der Waals surface area contributed by atoms with E-state index in [9.17, 15) is 9.59 Å². The van der Waals surface area contributed by atoms with Crippen LogP contribution in [0.5, 0.6) is 0 Å². The first-order chi connectivity index (χ1) is 13.7. The number of amides is 1. The Kier molecular flexibility index (Phi) is 4.84. The van der Waals surface area contributed by atoms with Gasteiger partial charge in [0.25, 0.3) is 5.91 Å². The van der Waals surface area contributed by atoms with Gasteiger partial charge in [0.05, 0.1) is 11.8 Å². The largest absolute Gasteiger partial charge is 0.348 e. The zero-order chi connectivity index (χ0) is 19.3. The summed E-state index contributed by atoms with van der Waals surface area (Å²) in [5.74, 6) is 0.278. The summed E-state index contributed by atoms with van der Waals surface area (Å²) >= 11 is 0. The molecule has 6 heteroatoms. The first-order valence-electron chi connectivity index (χ1n) is 8.85. The highest BCUT2D eigenvalue weighted by Gasteiger charge is 2.10. The molecule has 0 radical (unpaired) electrons. The summed E-state index contributed by atoms with van der Waals surface area (Å²) in [5.41, 5.74) is 3.59. The third kappa shape index (κ3) is 3.91. The molecule has 6 nitrogen and oxygen atoms in total. The van der Waals surface area contributed by atoms with Crippen molar-refractivity contribution in [1.29, 1.82) is 0 Å². The molecule has 0 fully saturated rings. The van der Waals surface area contributed by atoms with Crippen molar-refractivity contribution in [3.05, 3.63) is 107 Å². The van der Waals surface area contributed by atoms with Crippen molar-refractivity contribution in [3.8, 4) is 16.9 Å². The molecule has 4 rings (SSSR count). The topological polar surface area (TPSA) is 79.8 Å². The fourth-order valence-electron chi connectivity index (χ4n) is 2.87. The quantitative estimate of drug-likeness (QED) is 0.566. The van der Waals surface area contributed by atoms with Gasteiger partial charge in [0.15, 0.2) is 5.43 Å². The van der Waals surface area contributed by atoms with Crippen LogP contribution in [0.25, 0.3) is 16.9 Å². The Hall–Kier alpha value is -3.93. The fraction of sp³-hybridized carbons (Fsp3) is 0.0455. The minimum absolute atomic E-state index is 0.130. The average molecular weight is 370 g/mol. The van der Waals surface area contributed by atoms with Crippen LogP contribution in [0.3, 0.4) is 0 Å². The van der Waals surface area contributed by atoms with Crippen LogP contribution in [0, 0.1) is 0 Å². The van der Waals surface area contributed by atoms with E-state index in [1.54, 1.807) is 6.20 Å². The number of aromatic nitrogens is 3. The predicted molar refractivity (Wildman–Crippen MR) is 107 cm³/mol. The summed E-state index contributed by atoms with van der Waals surface area (Å²) in [6, 6.07) is 21.1. The van der Waals surface area contributed by atoms with Gasteiger partial charge in [-0.15, -0.1) is 0 Å². The van der Waals surface area contributed by atoms with E-state index in [0.29, 0.717) is 17.9 Å². The van der Waals surface area contributed by atoms with Gasteiger partial charge < -0.3 is 10.3 Å². The van der Waals surface area contributed by atoms with E-state index in [1.807, 2.05) is 42.5 Å². The van der Waals surface area contributed by atoms with Crippen LogP contribution < -0.4 is 10.7 Å². The molecule has 2 aromatic heterocycles. The Morgan fingerprint density at radius 3 is 2.50 bits per heavy atom. The van der Waals surface area contributed by atoms with Gasteiger partial charge in [-0.2, -0.15) is 5.10 Å². The van der Waals surface area contributed by atoms with E-state index in [-0.39, 0.29) is 11.3 Å². The highest BCUT2D eigenvalue weighted by atomic mass is 16.1. The molecule has 0 saturated heterocycles. The number of carbonyl (C=O) groups excluding carboxylic acids is 1. The minimum atomic E-state index is -0.225. The predicted octanol–water partition coefficient (Wildman–Crippen LogP) is 3.16. The SMILES string of the molecule is O=C(NCc1ccc(-c2ccccc2)cc1)c1cnn(-c2cc(=O)cc[nH]2)c1. The Labute approximate surface area is 161 Å². The van der Waals surface area contributed by atoms with Crippen molar-refractivity contribution in [1.82, 2.24) is 20.1 Å². The van der Waals surface area contributed by atoms with Crippen molar-refractivity contribution in [2.24, 2.45) is 0 Å². The normalized spacial score (nSPS) is 10.6. The molecule has 2 heterocycles. The molecular weight excluding hydrogens is 352 g/mol. The number of aromatic amines is 1. The maximum Gasteiger partial charge on any atom is 0.254 e. The van der Waals surface area contributed by atoms with E-state index in [1.165, 1.54) is 29.2 Å². The second kappa shape index (κ2) is 7.75. The summed E-state index contributed by atoms with van der Waals surface area (Å²) in [6.07, 6.45) is 4.59. The Bertz CT molecular complexity index is 1140. The molecule has 28 heavy (non-hydrogen) atoms. The van der Waals surface area contributed by atoms with Crippen LogP contribution in [0.4, 0.5) is 0 Å². The third-order valence-corrected chi connectivity index (χ3v) is 4.36. The number of nitrogens with one attached hydrogen (secondary N) is 2. The summed E-state index contributed by atoms with van der Waals surface area (Å²) < 4.78 is 1.46. The number of pyridine rings is 1. The van der Waals surface area contributed by atoms with Crippen LogP contribution in [0.1, 0.15) is 15.9 Å². The molecule has 0 bridgehead atoms. The molecule has 0 spiro atoms. The molecular formula is C22H18N4O2. The smallest absolute Gasteiger partial charge is 0.254 e. The summed E-state index contributed by atoms with van der Waals surface area (Å²) in [5, 5.41) is 7.02. The molecule has 0 atom stereocenters. The molecule has 138 valence electrons. The molecule has 0 aliphatic rings. The highest BCUT2D eigenvalue weighted by Crippen LogP contribution is 2.19. The lowest BCUT2D eigenvalue weighted by atomic mass is 10.0. The minimum Gasteiger partial charge on any atom is -0.348 e. The number of hydrogen-bond donors (Lipinski definition) is 2. The van der Waals surface area contributed by atoms with Gasteiger partial charge in [-0.05, 0) is 16.7 Å². The van der Waals surface area contributed by atoms with Gasteiger partial charge >= 0.3 is 0 Å². The van der Waals surface area contributed by atoms with E-state index < -0.39 is 0 Å². The van der Waals surface area contributed by atoms with Crippen LogP contribution in [0.15, 0.2) is 90.1 Å². The van der Waals surface area contributed by atoms with Gasteiger partial charge in [-0.25, -0.2) is 4.68 Å². The molecule has 2 N–H and O–H groups in total.